The molecule has 0 fully saturated rings. The summed E-state index contributed by atoms with van der Waals surface area (Å²) < 4.78 is 6.72. The first-order chi connectivity index (χ1) is 13.1. The Kier molecular flexibility index (Phi) is 4.25. The number of hydrogen-bond donors (Lipinski definition) is 1. The molecule has 0 bridgehead atoms. The number of para-hydroxylation sites is 1. The third-order valence-electron chi connectivity index (χ3n) is 4.22. The number of anilines is 1. The maximum absolute atomic E-state index is 12.3. The number of amides is 1. The van der Waals surface area contributed by atoms with Crippen LogP contribution in [-0.2, 0) is 11.3 Å². The molecule has 1 amide bonds. The predicted molar refractivity (Wildman–Crippen MR) is 102 cm³/mol. The molecule has 0 aliphatic rings. The molecular weight excluding hydrogens is 346 g/mol. The number of nitrogens with one attached hydrogen (secondary N) is 1. The molecular formula is C20H15N3O4. The summed E-state index contributed by atoms with van der Waals surface area (Å²) in [4.78, 5) is 35.4. The van der Waals surface area contributed by atoms with Crippen molar-refractivity contribution in [3.8, 4) is 0 Å². The molecule has 134 valence electrons. The highest BCUT2D eigenvalue weighted by molar-refractivity contribution is 5.93. The third kappa shape index (κ3) is 3.48. The maximum Gasteiger partial charge on any atom is 0.336 e. The second kappa shape index (κ2) is 6.87. The zero-order chi connectivity index (χ0) is 18.8. The van der Waals surface area contributed by atoms with Gasteiger partial charge >= 0.3 is 5.63 Å². The van der Waals surface area contributed by atoms with Gasteiger partial charge in [0.2, 0.25) is 11.3 Å². The summed E-state index contributed by atoms with van der Waals surface area (Å²) in [6.45, 7) is 0.342. The van der Waals surface area contributed by atoms with Crippen molar-refractivity contribution in [1.82, 2.24) is 9.78 Å². The van der Waals surface area contributed by atoms with Crippen molar-refractivity contribution in [1.29, 1.82) is 0 Å². The molecule has 0 spiro atoms. The summed E-state index contributed by atoms with van der Waals surface area (Å²) in [5.74, 6) is -0.184. The van der Waals surface area contributed by atoms with Gasteiger partial charge in [-0.1, -0.05) is 12.1 Å². The van der Waals surface area contributed by atoms with E-state index in [2.05, 4.69) is 10.4 Å². The number of nitrogens with zero attached hydrogens (tertiary/aromatic N) is 2. The Morgan fingerprint density at radius 2 is 1.93 bits per heavy atom. The molecule has 2 aromatic heterocycles. The largest absolute Gasteiger partial charge is 0.423 e. The summed E-state index contributed by atoms with van der Waals surface area (Å²) >= 11 is 0. The highest BCUT2D eigenvalue weighted by atomic mass is 16.4. The molecule has 2 aromatic carbocycles. The first-order valence-electron chi connectivity index (χ1n) is 8.39. The molecule has 0 aliphatic carbocycles. The minimum atomic E-state index is -0.417. The van der Waals surface area contributed by atoms with Crippen LogP contribution in [0.2, 0.25) is 0 Å². The van der Waals surface area contributed by atoms with E-state index in [4.69, 9.17) is 4.42 Å². The van der Waals surface area contributed by atoms with E-state index in [1.54, 1.807) is 47.1 Å². The fourth-order valence-electron chi connectivity index (χ4n) is 2.92. The Bertz CT molecular complexity index is 1270. The van der Waals surface area contributed by atoms with E-state index in [1.165, 1.54) is 12.3 Å². The van der Waals surface area contributed by atoms with Crippen molar-refractivity contribution < 1.29 is 9.21 Å². The quantitative estimate of drug-likeness (QED) is 0.564. The first-order valence-corrected chi connectivity index (χ1v) is 8.39. The van der Waals surface area contributed by atoms with E-state index in [1.807, 2.05) is 6.07 Å². The van der Waals surface area contributed by atoms with Crippen molar-refractivity contribution in [3.63, 3.8) is 0 Å². The van der Waals surface area contributed by atoms with E-state index < -0.39 is 5.63 Å². The topological polar surface area (TPSA) is 94.2 Å². The SMILES string of the molecule is O=C(CCn1ncc(=O)c2ccccc21)Nc1ccc2oc(=O)ccc2c1. The maximum atomic E-state index is 12.3. The number of carbonyl (C=O) groups excluding carboxylic acids is 1. The van der Waals surface area contributed by atoms with Crippen LogP contribution in [0.4, 0.5) is 5.69 Å². The fourth-order valence-corrected chi connectivity index (χ4v) is 2.92. The predicted octanol–water partition coefficient (Wildman–Crippen LogP) is 2.53. The number of rotatable bonds is 4. The first kappa shape index (κ1) is 16.7. The van der Waals surface area contributed by atoms with Gasteiger partial charge in [-0.15, -0.1) is 0 Å². The molecule has 0 atom stereocenters. The summed E-state index contributed by atoms with van der Waals surface area (Å²) in [5.41, 5.74) is 1.20. The van der Waals surface area contributed by atoms with Gasteiger partial charge in [-0.05, 0) is 36.4 Å². The van der Waals surface area contributed by atoms with Gasteiger partial charge in [0.1, 0.15) is 5.58 Å². The van der Waals surface area contributed by atoms with Gasteiger partial charge in [0.15, 0.2) is 0 Å². The van der Waals surface area contributed by atoms with Crippen LogP contribution >= 0.6 is 0 Å². The molecule has 4 aromatic rings. The van der Waals surface area contributed by atoms with Gasteiger partial charge in [0.05, 0.1) is 18.3 Å². The van der Waals surface area contributed by atoms with Crippen LogP contribution in [-0.4, -0.2) is 15.7 Å². The molecule has 27 heavy (non-hydrogen) atoms. The summed E-state index contributed by atoms with van der Waals surface area (Å²) in [6.07, 6.45) is 1.46. The second-order valence-corrected chi connectivity index (χ2v) is 6.05. The van der Waals surface area contributed by atoms with Gasteiger partial charge in [-0.2, -0.15) is 5.10 Å². The standard InChI is InChI=1S/C20H15N3O4/c24-17-12-21-23(16-4-2-1-3-15(16)17)10-9-19(25)22-14-6-7-18-13(11-14)5-8-20(26)27-18/h1-8,11-12H,9-10H2,(H,22,25). The molecule has 1 N–H and O–H groups in total. The third-order valence-corrected chi connectivity index (χ3v) is 4.22. The van der Waals surface area contributed by atoms with Gasteiger partial charge < -0.3 is 9.73 Å². The van der Waals surface area contributed by atoms with E-state index in [-0.39, 0.29) is 17.8 Å². The van der Waals surface area contributed by atoms with Crippen LogP contribution in [0.3, 0.4) is 0 Å². The molecule has 4 rings (SSSR count). The van der Waals surface area contributed by atoms with E-state index in [9.17, 15) is 14.4 Å². The summed E-state index contributed by atoms with van der Waals surface area (Å²) in [7, 11) is 0. The minimum Gasteiger partial charge on any atom is -0.423 e. The monoisotopic (exact) mass is 361 g/mol. The molecule has 2 heterocycles. The smallest absolute Gasteiger partial charge is 0.336 e. The molecule has 7 nitrogen and oxygen atoms in total. The van der Waals surface area contributed by atoms with Crippen molar-refractivity contribution in [3.05, 3.63) is 81.4 Å². The minimum absolute atomic E-state index is 0.144. The zero-order valence-corrected chi connectivity index (χ0v) is 14.2. The Balaban J connectivity index is 1.49. The normalized spacial score (nSPS) is 11.0. The number of aryl methyl sites for hydroxylation is 1. The average molecular weight is 361 g/mol. The van der Waals surface area contributed by atoms with Crippen LogP contribution in [0.15, 0.2) is 74.8 Å². The number of aromatic nitrogens is 2. The van der Waals surface area contributed by atoms with Crippen molar-refractivity contribution in [2.24, 2.45) is 0 Å². The Morgan fingerprint density at radius 1 is 1.07 bits per heavy atom. The molecule has 0 unspecified atom stereocenters. The highest BCUT2D eigenvalue weighted by Gasteiger charge is 2.08. The summed E-state index contributed by atoms with van der Waals surface area (Å²) in [5, 5.41) is 8.23. The Morgan fingerprint density at radius 3 is 2.81 bits per heavy atom. The van der Waals surface area contributed by atoms with E-state index >= 15 is 0 Å². The lowest BCUT2D eigenvalue weighted by Crippen LogP contribution is -2.18. The fraction of sp³-hybridized carbons (Fsp3) is 0.100. The lowest BCUT2D eigenvalue weighted by molar-refractivity contribution is -0.116. The van der Waals surface area contributed by atoms with Crippen molar-refractivity contribution in [2.75, 3.05) is 5.32 Å². The van der Waals surface area contributed by atoms with Gasteiger partial charge in [0.25, 0.3) is 0 Å². The molecule has 0 saturated heterocycles. The van der Waals surface area contributed by atoms with Crippen molar-refractivity contribution >= 4 is 33.5 Å². The molecule has 7 heteroatoms. The van der Waals surface area contributed by atoms with Crippen LogP contribution in [0.1, 0.15) is 6.42 Å². The summed E-state index contributed by atoms with van der Waals surface area (Å²) in [6, 6.07) is 15.2. The van der Waals surface area contributed by atoms with Crippen LogP contribution in [0.25, 0.3) is 21.9 Å². The van der Waals surface area contributed by atoms with Gasteiger partial charge in [-0.3, -0.25) is 14.3 Å². The van der Waals surface area contributed by atoms with Gasteiger partial charge in [-0.25, -0.2) is 4.79 Å². The zero-order valence-electron chi connectivity index (χ0n) is 14.2. The highest BCUT2D eigenvalue weighted by Crippen LogP contribution is 2.18. The Labute approximate surface area is 152 Å². The molecule has 0 aliphatic heterocycles. The van der Waals surface area contributed by atoms with E-state index in [0.717, 1.165) is 5.39 Å². The van der Waals surface area contributed by atoms with Gasteiger partial charge in [0, 0.05) is 28.9 Å². The molecule has 0 saturated carbocycles. The number of fused-ring (bicyclic) bond motifs is 2. The van der Waals surface area contributed by atoms with Crippen LogP contribution < -0.4 is 16.4 Å². The van der Waals surface area contributed by atoms with E-state index in [0.29, 0.717) is 28.7 Å². The van der Waals surface area contributed by atoms with Crippen LogP contribution in [0, 0.1) is 0 Å². The second-order valence-electron chi connectivity index (χ2n) is 6.05. The average Bonchev–Trinajstić information content (AvgIpc) is 2.68. The Hall–Kier alpha value is -3.74. The number of carbonyl (C=O) groups is 1. The van der Waals surface area contributed by atoms with Crippen LogP contribution in [0.5, 0.6) is 0 Å². The number of hydrogen-bond acceptors (Lipinski definition) is 5. The lowest BCUT2D eigenvalue weighted by atomic mass is 10.2. The number of benzene rings is 2. The molecule has 0 radical (unpaired) electrons. The lowest BCUT2D eigenvalue weighted by Gasteiger charge is -2.10. The van der Waals surface area contributed by atoms with Crippen molar-refractivity contribution in [2.45, 2.75) is 13.0 Å².